The summed E-state index contributed by atoms with van der Waals surface area (Å²) in [5.74, 6) is 0.601. The topological polar surface area (TPSA) is 49.9 Å². The molecule has 0 spiro atoms. The molecule has 0 unspecified atom stereocenters. The van der Waals surface area contributed by atoms with Crippen molar-refractivity contribution in [3.63, 3.8) is 0 Å². The zero-order valence-corrected chi connectivity index (χ0v) is 14.4. The van der Waals surface area contributed by atoms with Gasteiger partial charge in [-0.15, -0.1) is 11.8 Å². The van der Waals surface area contributed by atoms with Crippen LogP contribution in [-0.2, 0) is 14.3 Å². The van der Waals surface area contributed by atoms with Crippen molar-refractivity contribution < 1.29 is 14.3 Å². The summed E-state index contributed by atoms with van der Waals surface area (Å²) in [6.07, 6.45) is 0.348. The fraction of sp³-hybridized carbons (Fsp3) is 0.529. The molecule has 0 bridgehead atoms. The second-order valence-electron chi connectivity index (χ2n) is 6.48. The van der Waals surface area contributed by atoms with E-state index in [0.29, 0.717) is 38.4 Å². The SMILES string of the molecule is CC1(C)CN(C(=O)CCN2C(=O)CSc3ccccc32)CCO1. The summed E-state index contributed by atoms with van der Waals surface area (Å²) in [6, 6.07) is 7.87. The van der Waals surface area contributed by atoms with Crippen molar-refractivity contribution in [3.8, 4) is 0 Å². The Morgan fingerprint density at radius 1 is 1.35 bits per heavy atom. The number of nitrogens with zero attached hydrogens (tertiary/aromatic N) is 2. The molecule has 0 atom stereocenters. The lowest BCUT2D eigenvalue weighted by molar-refractivity contribution is -0.145. The third-order valence-electron chi connectivity index (χ3n) is 4.14. The Morgan fingerprint density at radius 3 is 2.91 bits per heavy atom. The highest BCUT2D eigenvalue weighted by molar-refractivity contribution is 8.00. The molecule has 0 radical (unpaired) electrons. The Labute approximate surface area is 141 Å². The third kappa shape index (κ3) is 3.70. The molecule has 1 aromatic carbocycles. The van der Waals surface area contributed by atoms with Gasteiger partial charge in [0.1, 0.15) is 0 Å². The van der Waals surface area contributed by atoms with Crippen molar-refractivity contribution in [1.82, 2.24) is 4.90 Å². The molecule has 1 fully saturated rings. The number of anilines is 1. The summed E-state index contributed by atoms with van der Waals surface area (Å²) in [7, 11) is 0. The molecule has 2 aliphatic heterocycles. The summed E-state index contributed by atoms with van der Waals surface area (Å²) in [5.41, 5.74) is 0.627. The predicted molar refractivity (Wildman–Crippen MR) is 90.7 cm³/mol. The smallest absolute Gasteiger partial charge is 0.237 e. The van der Waals surface area contributed by atoms with E-state index in [1.165, 1.54) is 0 Å². The number of rotatable bonds is 3. The minimum Gasteiger partial charge on any atom is -0.372 e. The van der Waals surface area contributed by atoms with Gasteiger partial charge in [0, 0.05) is 31.0 Å². The van der Waals surface area contributed by atoms with E-state index in [2.05, 4.69) is 0 Å². The van der Waals surface area contributed by atoms with Gasteiger partial charge in [0.15, 0.2) is 0 Å². The first-order chi connectivity index (χ1) is 11.0. The minimum absolute atomic E-state index is 0.0730. The molecule has 0 aliphatic carbocycles. The maximum absolute atomic E-state index is 12.5. The first-order valence-electron chi connectivity index (χ1n) is 7.90. The van der Waals surface area contributed by atoms with Gasteiger partial charge in [-0.1, -0.05) is 12.1 Å². The highest BCUT2D eigenvalue weighted by atomic mass is 32.2. The Kier molecular flexibility index (Phi) is 4.64. The number of fused-ring (bicyclic) bond motifs is 1. The normalized spacial score (nSPS) is 20.3. The Hall–Kier alpha value is -1.53. The minimum atomic E-state index is -0.294. The van der Waals surface area contributed by atoms with Crippen molar-refractivity contribution >= 4 is 29.3 Å². The van der Waals surface area contributed by atoms with Gasteiger partial charge >= 0.3 is 0 Å². The molecule has 2 aliphatic rings. The molecule has 1 aromatic rings. The number of carbonyl (C=O) groups excluding carboxylic acids is 2. The monoisotopic (exact) mass is 334 g/mol. The Morgan fingerprint density at radius 2 is 2.13 bits per heavy atom. The van der Waals surface area contributed by atoms with Crippen LogP contribution in [0, 0.1) is 0 Å². The molecule has 3 rings (SSSR count). The average molecular weight is 334 g/mol. The Balaban J connectivity index is 1.64. The molecule has 1 saturated heterocycles. The van der Waals surface area contributed by atoms with Crippen LogP contribution >= 0.6 is 11.8 Å². The van der Waals surface area contributed by atoms with Crippen molar-refractivity contribution in [2.45, 2.75) is 30.8 Å². The lowest BCUT2D eigenvalue weighted by Crippen LogP contribution is -2.51. The van der Waals surface area contributed by atoms with Crippen molar-refractivity contribution in [2.24, 2.45) is 0 Å². The Bertz CT molecular complexity index is 618. The fourth-order valence-corrected chi connectivity index (χ4v) is 3.93. The van der Waals surface area contributed by atoms with Crippen LogP contribution in [-0.4, -0.2) is 54.3 Å². The predicted octanol–water partition coefficient (Wildman–Crippen LogP) is 2.15. The number of amides is 2. The highest BCUT2D eigenvalue weighted by Gasteiger charge is 2.31. The number of hydrogen-bond acceptors (Lipinski definition) is 4. The van der Waals surface area contributed by atoms with E-state index in [0.717, 1.165) is 10.6 Å². The number of hydrogen-bond donors (Lipinski definition) is 0. The van der Waals surface area contributed by atoms with E-state index in [4.69, 9.17) is 4.74 Å². The van der Waals surface area contributed by atoms with Gasteiger partial charge in [-0.2, -0.15) is 0 Å². The summed E-state index contributed by atoms with van der Waals surface area (Å²) >= 11 is 1.56. The van der Waals surface area contributed by atoms with Gasteiger partial charge in [0.25, 0.3) is 0 Å². The van der Waals surface area contributed by atoms with E-state index in [1.807, 2.05) is 43.0 Å². The molecule has 0 N–H and O–H groups in total. The van der Waals surface area contributed by atoms with Crippen LogP contribution < -0.4 is 4.90 Å². The van der Waals surface area contributed by atoms with E-state index in [-0.39, 0.29) is 17.4 Å². The van der Waals surface area contributed by atoms with Crippen molar-refractivity contribution in [3.05, 3.63) is 24.3 Å². The van der Waals surface area contributed by atoms with Gasteiger partial charge in [-0.05, 0) is 26.0 Å². The van der Waals surface area contributed by atoms with Crippen molar-refractivity contribution in [2.75, 3.05) is 36.9 Å². The highest BCUT2D eigenvalue weighted by Crippen LogP contribution is 2.34. The van der Waals surface area contributed by atoms with Crippen LogP contribution in [0.3, 0.4) is 0 Å². The molecule has 2 amide bonds. The van der Waals surface area contributed by atoms with Crippen LogP contribution in [0.15, 0.2) is 29.2 Å². The molecule has 5 nitrogen and oxygen atoms in total. The fourth-order valence-electron chi connectivity index (χ4n) is 2.99. The second kappa shape index (κ2) is 6.53. The van der Waals surface area contributed by atoms with E-state index < -0.39 is 0 Å². The standard InChI is InChI=1S/C17H22N2O3S/c1-17(2)12-18(9-10-22-17)15(20)7-8-19-13-5-3-4-6-14(13)23-11-16(19)21/h3-6H,7-12H2,1-2H3. The number of ether oxygens (including phenoxy) is 1. The van der Waals surface area contributed by atoms with Gasteiger partial charge in [0.2, 0.25) is 11.8 Å². The van der Waals surface area contributed by atoms with Gasteiger partial charge in [-0.3, -0.25) is 9.59 Å². The van der Waals surface area contributed by atoms with Gasteiger partial charge in [0.05, 0.1) is 23.6 Å². The number of para-hydroxylation sites is 1. The van der Waals surface area contributed by atoms with Crippen LogP contribution in [0.4, 0.5) is 5.69 Å². The van der Waals surface area contributed by atoms with Crippen LogP contribution in [0.2, 0.25) is 0 Å². The van der Waals surface area contributed by atoms with E-state index in [9.17, 15) is 9.59 Å². The molecule has 6 heteroatoms. The first kappa shape index (κ1) is 16.3. The summed E-state index contributed by atoms with van der Waals surface area (Å²) in [5, 5.41) is 0. The maximum atomic E-state index is 12.5. The molecular formula is C17H22N2O3S. The number of carbonyl (C=O) groups is 2. The molecule has 2 heterocycles. The summed E-state index contributed by atoms with van der Waals surface area (Å²) in [6.45, 7) is 6.23. The molecular weight excluding hydrogens is 312 g/mol. The quantitative estimate of drug-likeness (QED) is 0.850. The van der Waals surface area contributed by atoms with E-state index in [1.54, 1.807) is 16.7 Å². The number of morpholine rings is 1. The maximum Gasteiger partial charge on any atom is 0.237 e. The average Bonchev–Trinajstić information content (AvgIpc) is 2.52. The lowest BCUT2D eigenvalue weighted by Gasteiger charge is -2.38. The largest absolute Gasteiger partial charge is 0.372 e. The van der Waals surface area contributed by atoms with E-state index >= 15 is 0 Å². The number of thioether (sulfide) groups is 1. The lowest BCUT2D eigenvalue weighted by atomic mass is 10.1. The zero-order valence-electron chi connectivity index (χ0n) is 13.6. The number of benzene rings is 1. The second-order valence-corrected chi connectivity index (χ2v) is 7.49. The van der Waals surface area contributed by atoms with Gasteiger partial charge in [-0.25, -0.2) is 0 Å². The van der Waals surface area contributed by atoms with Crippen LogP contribution in [0.5, 0.6) is 0 Å². The van der Waals surface area contributed by atoms with Crippen molar-refractivity contribution in [1.29, 1.82) is 0 Å². The van der Waals surface area contributed by atoms with Gasteiger partial charge < -0.3 is 14.5 Å². The molecule has 0 aromatic heterocycles. The third-order valence-corrected chi connectivity index (χ3v) is 5.18. The molecule has 124 valence electrons. The van der Waals surface area contributed by atoms with Crippen LogP contribution in [0.25, 0.3) is 0 Å². The first-order valence-corrected chi connectivity index (χ1v) is 8.89. The summed E-state index contributed by atoms with van der Waals surface area (Å²) in [4.78, 5) is 29.4. The zero-order chi connectivity index (χ0) is 16.4. The molecule has 0 saturated carbocycles. The molecule has 23 heavy (non-hydrogen) atoms. The summed E-state index contributed by atoms with van der Waals surface area (Å²) < 4.78 is 5.64. The van der Waals surface area contributed by atoms with Crippen LogP contribution in [0.1, 0.15) is 20.3 Å².